The predicted molar refractivity (Wildman–Crippen MR) is 49.3 cm³/mol. The molecule has 13 heavy (non-hydrogen) atoms. The Morgan fingerprint density at radius 1 is 1.62 bits per heavy atom. The summed E-state index contributed by atoms with van der Waals surface area (Å²) in [7, 11) is 0. The molecule has 0 saturated carbocycles. The fraction of sp³-hybridized carbons (Fsp3) is 0.667. The van der Waals surface area contributed by atoms with E-state index in [1.54, 1.807) is 0 Å². The third-order valence-electron chi connectivity index (χ3n) is 1.68. The van der Waals surface area contributed by atoms with Crippen LogP contribution >= 0.6 is 0 Å². The smallest absolute Gasteiger partial charge is 0.162 e. The van der Waals surface area contributed by atoms with E-state index >= 15 is 0 Å². The lowest BCUT2D eigenvalue weighted by atomic mass is 10.1. The summed E-state index contributed by atoms with van der Waals surface area (Å²) in [6.45, 7) is 5.69. The van der Waals surface area contributed by atoms with Gasteiger partial charge in [0.1, 0.15) is 6.61 Å². The lowest BCUT2D eigenvalue weighted by Gasteiger charge is -1.96. The van der Waals surface area contributed by atoms with Crippen molar-refractivity contribution in [3.8, 4) is 0 Å². The van der Waals surface area contributed by atoms with E-state index in [0.29, 0.717) is 25.7 Å². The minimum Gasteiger partial charge on any atom is -0.372 e. The summed E-state index contributed by atoms with van der Waals surface area (Å²) in [4.78, 5) is 0. The highest BCUT2D eigenvalue weighted by molar-refractivity contribution is 5.07. The van der Waals surface area contributed by atoms with Crippen molar-refractivity contribution in [2.24, 2.45) is 5.73 Å². The van der Waals surface area contributed by atoms with Gasteiger partial charge >= 0.3 is 0 Å². The van der Waals surface area contributed by atoms with Crippen LogP contribution in [-0.2, 0) is 11.3 Å². The van der Waals surface area contributed by atoms with Crippen molar-refractivity contribution in [3.63, 3.8) is 0 Å². The topological polar surface area (TPSA) is 61.3 Å². The van der Waals surface area contributed by atoms with Crippen LogP contribution in [0.4, 0.5) is 0 Å². The Morgan fingerprint density at radius 3 is 2.92 bits per heavy atom. The number of nitrogens with two attached hydrogens (primary N) is 1. The minimum atomic E-state index is 0.395. The monoisotopic (exact) mass is 184 g/mol. The molecular weight excluding hydrogens is 168 g/mol. The number of ether oxygens (including phenoxy) is 1. The summed E-state index contributed by atoms with van der Waals surface area (Å²) in [5.74, 6) is 1.16. The summed E-state index contributed by atoms with van der Waals surface area (Å²) in [5, 5.41) is 3.91. The van der Waals surface area contributed by atoms with Crippen LogP contribution in [0.3, 0.4) is 0 Å². The van der Waals surface area contributed by atoms with Crippen LogP contribution in [0.2, 0.25) is 0 Å². The van der Waals surface area contributed by atoms with E-state index in [-0.39, 0.29) is 0 Å². The van der Waals surface area contributed by atoms with Gasteiger partial charge in [-0.2, -0.15) is 0 Å². The molecule has 0 unspecified atom stereocenters. The molecule has 0 fully saturated rings. The first-order valence-corrected chi connectivity index (χ1v) is 4.47. The lowest BCUT2D eigenvalue weighted by Crippen LogP contribution is -2.07. The second-order valence-electron chi connectivity index (χ2n) is 3.21. The fourth-order valence-corrected chi connectivity index (χ4v) is 0.925. The second-order valence-corrected chi connectivity index (χ2v) is 3.21. The van der Waals surface area contributed by atoms with Gasteiger partial charge in [-0.3, -0.25) is 0 Å². The first kappa shape index (κ1) is 10.2. The standard InChI is InChI=1S/C9H16N2O2/c1-7(2)9-5-8(13-11-9)6-12-4-3-10/h5,7H,3-4,6,10H2,1-2H3. The van der Waals surface area contributed by atoms with Crippen LogP contribution in [0.1, 0.15) is 31.2 Å². The number of aromatic nitrogens is 1. The molecule has 1 aromatic heterocycles. The SMILES string of the molecule is CC(C)c1cc(COCCN)on1. The average molecular weight is 184 g/mol. The average Bonchev–Trinajstić information content (AvgIpc) is 2.53. The third-order valence-corrected chi connectivity index (χ3v) is 1.68. The molecule has 1 heterocycles. The van der Waals surface area contributed by atoms with Gasteiger partial charge in [0.2, 0.25) is 0 Å². The van der Waals surface area contributed by atoms with Gasteiger partial charge in [0, 0.05) is 12.6 Å². The summed E-state index contributed by atoms with van der Waals surface area (Å²) in [6, 6.07) is 1.92. The molecule has 2 N–H and O–H groups in total. The van der Waals surface area contributed by atoms with Crippen molar-refractivity contribution in [2.75, 3.05) is 13.2 Å². The van der Waals surface area contributed by atoms with Crippen LogP contribution in [0.15, 0.2) is 10.6 Å². The Labute approximate surface area is 78.0 Å². The van der Waals surface area contributed by atoms with Crippen molar-refractivity contribution < 1.29 is 9.26 Å². The molecule has 0 saturated heterocycles. The van der Waals surface area contributed by atoms with Gasteiger partial charge in [0.05, 0.1) is 12.3 Å². The van der Waals surface area contributed by atoms with Crippen molar-refractivity contribution in [3.05, 3.63) is 17.5 Å². The highest BCUT2D eigenvalue weighted by atomic mass is 16.5. The van der Waals surface area contributed by atoms with E-state index in [9.17, 15) is 0 Å². The van der Waals surface area contributed by atoms with Crippen LogP contribution in [0, 0.1) is 0 Å². The molecule has 4 nitrogen and oxygen atoms in total. The van der Waals surface area contributed by atoms with E-state index < -0.39 is 0 Å². The molecule has 0 radical (unpaired) electrons. The molecular formula is C9H16N2O2. The molecule has 1 rings (SSSR count). The van der Waals surface area contributed by atoms with Crippen molar-refractivity contribution in [2.45, 2.75) is 26.4 Å². The zero-order chi connectivity index (χ0) is 9.68. The maximum atomic E-state index is 5.27. The van der Waals surface area contributed by atoms with E-state index in [4.69, 9.17) is 15.0 Å². The largest absolute Gasteiger partial charge is 0.372 e. The van der Waals surface area contributed by atoms with E-state index in [1.807, 2.05) is 6.07 Å². The first-order chi connectivity index (χ1) is 6.24. The number of hydrogen-bond donors (Lipinski definition) is 1. The molecule has 0 atom stereocenters. The summed E-state index contributed by atoms with van der Waals surface area (Å²) < 4.78 is 10.3. The Kier molecular flexibility index (Phi) is 3.92. The van der Waals surface area contributed by atoms with Gasteiger partial charge in [-0.25, -0.2) is 0 Å². The van der Waals surface area contributed by atoms with Crippen LogP contribution in [0.25, 0.3) is 0 Å². The summed E-state index contributed by atoms with van der Waals surface area (Å²) in [6.07, 6.45) is 0. The third kappa shape index (κ3) is 3.16. The minimum absolute atomic E-state index is 0.395. The van der Waals surface area contributed by atoms with E-state index in [0.717, 1.165) is 11.5 Å². The first-order valence-electron chi connectivity index (χ1n) is 4.47. The molecule has 0 aliphatic carbocycles. The van der Waals surface area contributed by atoms with Crippen LogP contribution in [-0.4, -0.2) is 18.3 Å². The highest BCUT2D eigenvalue weighted by Crippen LogP contribution is 2.14. The summed E-state index contributed by atoms with van der Waals surface area (Å²) >= 11 is 0. The normalized spacial score (nSPS) is 11.1. The molecule has 0 aliphatic heterocycles. The molecule has 0 spiro atoms. The summed E-state index contributed by atoms with van der Waals surface area (Å²) in [5.41, 5.74) is 6.24. The Bertz CT molecular complexity index is 246. The van der Waals surface area contributed by atoms with Gasteiger partial charge < -0.3 is 15.0 Å². The zero-order valence-electron chi connectivity index (χ0n) is 8.12. The lowest BCUT2D eigenvalue weighted by molar-refractivity contribution is 0.107. The van der Waals surface area contributed by atoms with Gasteiger partial charge in [-0.15, -0.1) is 0 Å². The number of rotatable bonds is 5. The van der Waals surface area contributed by atoms with Crippen LogP contribution < -0.4 is 5.73 Å². The Balaban J connectivity index is 2.40. The predicted octanol–water partition coefficient (Wildman–Crippen LogP) is 1.27. The molecule has 0 aliphatic rings. The van der Waals surface area contributed by atoms with E-state index in [2.05, 4.69) is 19.0 Å². The maximum Gasteiger partial charge on any atom is 0.162 e. The van der Waals surface area contributed by atoms with E-state index in [1.165, 1.54) is 0 Å². The maximum absolute atomic E-state index is 5.27. The molecule has 0 aromatic carbocycles. The van der Waals surface area contributed by atoms with Crippen molar-refractivity contribution >= 4 is 0 Å². The fourth-order valence-electron chi connectivity index (χ4n) is 0.925. The van der Waals surface area contributed by atoms with Crippen molar-refractivity contribution in [1.82, 2.24) is 5.16 Å². The number of nitrogens with zero attached hydrogens (tertiary/aromatic N) is 1. The zero-order valence-corrected chi connectivity index (χ0v) is 8.12. The highest BCUT2D eigenvalue weighted by Gasteiger charge is 2.06. The van der Waals surface area contributed by atoms with Gasteiger partial charge in [-0.1, -0.05) is 19.0 Å². The molecule has 0 amide bonds. The van der Waals surface area contributed by atoms with Gasteiger partial charge in [0.15, 0.2) is 5.76 Å². The quantitative estimate of drug-likeness (QED) is 0.700. The molecule has 74 valence electrons. The molecule has 4 heteroatoms. The van der Waals surface area contributed by atoms with Gasteiger partial charge in [0.25, 0.3) is 0 Å². The number of hydrogen-bond acceptors (Lipinski definition) is 4. The van der Waals surface area contributed by atoms with Crippen molar-refractivity contribution in [1.29, 1.82) is 0 Å². The van der Waals surface area contributed by atoms with Gasteiger partial charge in [-0.05, 0) is 5.92 Å². The Hall–Kier alpha value is -0.870. The second kappa shape index (κ2) is 4.99. The Morgan fingerprint density at radius 2 is 2.38 bits per heavy atom. The molecule has 1 aromatic rings. The van der Waals surface area contributed by atoms with Crippen LogP contribution in [0.5, 0.6) is 0 Å². The molecule has 0 bridgehead atoms.